The van der Waals surface area contributed by atoms with Crippen LogP contribution in [-0.4, -0.2) is 18.1 Å². The van der Waals surface area contributed by atoms with Crippen LogP contribution in [0.5, 0.6) is 0 Å². The molecule has 0 fully saturated rings. The Morgan fingerprint density at radius 2 is 1.84 bits per heavy atom. The monoisotopic (exact) mass is 255 g/mol. The van der Waals surface area contributed by atoms with Crippen molar-refractivity contribution >= 4 is 5.97 Å². The minimum Gasteiger partial charge on any atom is -0.464 e. The van der Waals surface area contributed by atoms with Crippen molar-refractivity contribution in [3.8, 4) is 11.1 Å². The number of ether oxygens (including phenoxy) is 1. The van der Waals surface area contributed by atoms with Crippen LogP contribution in [0.25, 0.3) is 11.1 Å². The molecule has 98 valence electrons. The van der Waals surface area contributed by atoms with Crippen molar-refractivity contribution in [2.45, 2.75) is 20.3 Å². The largest absolute Gasteiger partial charge is 0.464 e. The molecule has 0 saturated heterocycles. The average molecular weight is 255 g/mol. The number of benzene rings is 1. The zero-order chi connectivity index (χ0) is 13.8. The van der Waals surface area contributed by atoms with Gasteiger partial charge in [0, 0.05) is 11.3 Å². The van der Waals surface area contributed by atoms with Crippen LogP contribution in [0.2, 0.25) is 0 Å². The number of methoxy groups -OCH3 is 1. The van der Waals surface area contributed by atoms with E-state index < -0.39 is 5.97 Å². The normalized spacial score (nSPS) is 10.3. The lowest BCUT2D eigenvalue weighted by Gasteiger charge is -2.08. The topological polar surface area (TPSA) is 39.2 Å². The van der Waals surface area contributed by atoms with E-state index in [-0.39, 0.29) is 0 Å². The van der Waals surface area contributed by atoms with Crippen LogP contribution in [-0.2, 0) is 11.2 Å². The van der Waals surface area contributed by atoms with Crippen LogP contribution in [0.3, 0.4) is 0 Å². The molecule has 1 heterocycles. The Morgan fingerprint density at radius 3 is 2.37 bits per heavy atom. The molecule has 0 spiro atoms. The Kier molecular flexibility index (Phi) is 3.95. The SMILES string of the molecule is CCc1ccc(-c2ccc(C(=O)OC)nc2C)cc1. The smallest absolute Gasteiger partial charge is 0.356 e. The van der Waals surface area contributed by atoms with E-state index in [1.165, 1.54) is 12.7 Å². The standard InChI is InChI=1S/C16H17NO2/c1-4-12-5-7-13(8-6-12)14-9-10-15(16(18)19-3)17-11(14)2/h5-10H,4H2,1-3H3. The number of pyridine rings is 1. The molecule has 1 aromatic carbocycles. The highest BCUT2D eigenvalue weighted by Gasteiger charge is 2.10. The lowest BCUT2D eigenvalue weighted by atomic mass is 10.0. The van der Waals surface area contributed by atoms with Crippen molar-refractivity contribution in [2.75, 3.05) is 7.11 Å². The average Bonchev–Trinajstić information content (AvgIpc) is 2.46. The summed E-state index contributed by atoms with van der Waals surface area (Å²) in [5.74, 6) is -0.406. The first-order valence-corrected chi connectivity index (χ1v) is 6.31. The van der Waals surface area contributed by atoms with Gasteiger partial charge in [0.05, 0.1) is 7.11 Å². The van der Waals surface area contributed by atoms with Gasteiger partial charge in [0.2, 0.25) is 0 Å². The number of hydrogen-bond acceptors (Lipinski definition) is 3. The predicted octanol–water partition coefficient (Wildman–Crippen LogP) is 3.41. The van der Waals surface area contributed by atoms with Gasteiger partial charge in [0.1, 0.15) is 5.69 Å². The number of rotatable bonds is 3. The van der Waals surface area contributed by atoms with Crippen molar-refractivity contribution in [3.63, 3.8) is 0 Å². The number of hydrogen-bond donors (Lipinski definition) is 0. The van der Waals surface area contributed by atoms with Gasteiger partial charge in [-0.1, -0.05) is 37.3 Å². The third-order valence-electron chi connectivity index (χ3n) is 3.15. The van der Waals surface area contributed by atoms with E-state index in [2.05, 4.69) is 40.9 Å². The van der Waals surface area contributed by atoms with Gasteiger partial charge in [-0.15, -0.1) is 0 Å². The summed E-state index contributed by atoms with van der Waals surface area (Å²) in [5.41, 5.74) is 4.62. The molecule has 0 saturated carbocycles. The highest BCUT2D eigenvalue weighted by atomic mass is 16.5. The molecule has 2 rings (SSSR count). The summed E-state index contributed by atoms with van der Waals surface area (Å²) >= 11 is 0. The van der Waals surface area contributed by atoms with Gasteiger partial charge in [-0.2, -0.15) is 0 Å². The fourth-order valence-corrected chi connectivity index (χ4v) is 2.00. The summed E-state index contributed by atoms with van der Waals surface area (Å²) in [7, 11) is 1.36. The van der Waals surface area contributed by atoms with E-state index in [4.69, 9.17) is 0 Å². The number of aromatic nitrogens is 1. The van der Waals surface area contributed by atoms with Gasteiger partial charge >= 0.3 is 5.97 Å². The third kappa shape index (κ3) is 2.81. The van der Waals surface area contributed by atoms with Crippen LogP contribution in [0.15, 0.2) is 36.4 Å². The van der Waals surface area contributed by atoms with E-state index in [1.807, 2.05) is 13.0 Å². The molecule has 0 N–H and O–H groups in total. The molecule has 0 amide bonds. The molecular formula is C16H17NO2. The second kappa shape index (κ2) is 5.65. The molecule has 0 radical (unpaired) electrons. The fourth-order valence-electron chi connectivity index (χ4n) is 2.00. The third-order valence-corrected chi connectivity index (χ3v) is 3.15. The molecule has 0 aliphatic rings. The van der Waals surface area contributed by atoms with Crippen LogP contribution >= 0.6 is 0 Å². The number of carbonyl (C=O) groups excluding carboxylic acids is 1. The van der Waals surface area contributed by atoms with Gasteiger partial charge in [0.15, 0.2) is 0 Å². The number of aryl methyl sites for hydroxylation is 2. The van der Waals surface area contributed by atoms with Crippen molar-refractivity contribution in [1.82, 2.24) is 4.98 Å². The van der Waals surface area contributed by atoms with Crippen LogP contribution < -0.4 is 0 Å². The Hall–Kier alpha value is -2.16. The lowest BCUT2D eigenvalue weighted by Crippen LogP contribution is -2.05. The van der Waals surface area contributed by atoms with Gasteiger partial charge in [-0.05, 0) is 30.5 Å². The highest BCUT2D eigenvalue weighted by molar-refractivity contribution is 5.87. The first-order valence-electron chi connectivity index (χ1n) is 6.31. The number of esters is 1. The molecule has 0 bridgehead atoms. The molecule has 0 aliphatic carbocycles. The maximum atomic E-state index is 11.4. The van der Waals surface area contributed by atoms with E-state index >= 15 is 0 Å². The summed E-state index contributed by atoms with van der Waals surface area (Å²) in [6, 6.07) is 12.0. The van der Waals surface area contributed by atoms with E-state index in [9.17, 15) is 4.79 Å². The molecule has 0 unspecified atom stereocenters. The minimum absolute atomic E-state index is 0.342. The maximum Gasteiger partial charge on any atom is 0.356 e. The van der Waals surface area contributed by atoms with Crippen LogP contribution in [0.4, 0.5) is 0 Å². The Balaban J connectivity index is 2.37. The van der Waals surface area contributed by atoms with Crippen molar-refractivity contribution in [3.05, 3.63) is 53.3 Å². The summed E-state index contributed by atoms with van der Waals surface area (Å²) < 4.78 is 4.67. The number of nitrogens with zero attached hydrogens (tertiary/aromatic N) is 1. The summed E-state index contributed by atoms with van der Waals surface area (Å²) in [4.78, 5) is 15.7. The van der Waals surface area contributed by atoms with Gasteiger partial charge < -0.3 is 4.74 Å². The van der Waals surface area contributed by atoms with Crippen LogP contribution in [0, 0.1) is 6.92 Å². The molecule has 0 aliphatic heterocycles. The van der Waals surface area contributed by atoms with E-state index in [0.29, 0.717) is 5.69 Å². The van der Waals surface area contributed by atoms with Crippen molar-refractivity contribution < 1.29 is 9.53 Å². The lowest BCUT2D eigenvalue weighted by molar-refractivity contribution is 0.0594. The molecule has 1 aromatic heterocycles. The fraction of sp³-hybridized carbons (Fsp3) is 0.250. The highest BCUT2D eigenvalue weighted by Crippen LogP contribution is 2.23. The molecule has 3 heteroatoms. The number of carbonyl (C=O) groups is 1. The molecular weight excluding hydrogens is 238 g/mol. The zero-order valence-electron chi connectivity index (χ0n) is 11.4. The van der Waals surface area contributed by atoms with Gasteiger partial charge in [-0.3, -0.25) is 0 Å². The summed E-state index contributed by atoms with van der Waals surface area (Å²) in [5, 5.41) is 0. The summed E-state index contributed by atoms with van der Waals surface area (Å²) in [6.07, 6.45) is 1.03. The Morgan fingerprint density at radius 1 is 1.16 bits per heavy atom. The van der Waals surface area contributed by atoms with Crippen molar-refractivity contribution in [1.29, 1.82) is 0 Å². The van der Waals surface area contributed by atoms with Gasteiger partial charge in [0.25, 0.3) is 0 Å². The van der Waals surface area contributed by atoms with E-state index in [1.54, 1.807) is 6.07 Å². The summed E-state index contributed by atoms with van der Waals surface area (Å²) in [6.45, 7) is 4.03. The van der Waals surface area contributed by atoms with E-state index in [0.717, 1.165) is 23.2 Å². The maximum absolute atomic E-state index is 11.4. The second-order valence-corrected chi connectivity index (χ2v) is 4.37. The quantitative estimate of drug-likeness (QED) is 0.789. The minimum atomic E-state index is -0.406. The van der Waals surface area contributed by atoms with Gasteiger partial charge in [-0.25, -0.2) is 9.78 Å². The molecule has 0 atom stereocenters. The first kappa shape index (κ1) is 13.3. The second-order valence-electron chi connectivity index (χ2n) is 4.37. The molecule has 3 nitrogen and oxygen atoms in total. The molecule has 2 aromatic rings. The predicted molar refractivity (Wildman–Crippen MR) is 75.1 cm³/mol. The molecule has 19 heavy (non-hydrogen) atoms. The zero-order valence-corrected chi connectivity index (χ0v) is 11.4. The van der Waals surface area contributed by atoms with Crippen LogP contribution in [0.1, 0.15) is 28.7 Å². The first-order chi connectivity index (χ1) is 9.15. The Bertz CT molecular complexity index is 588. The Labute approximate surface area is 113 Å². The van der Waals surface area contributed by atoms with Crippen molar-refractivity contribution in [2.24, 2.45) is 0 Å².